The summed E-state index contributed by atoms with van der Waals surface area (Å²) in [5, 5.41) is 9.01. The molecule has 110 valence electrons. The zero-order valence-corrected chi connectivity index (χ0v) is 13.7. The molecule has 2 aromatic rings. The number of amides is 1. The van der Waals surface area contributed by atoms with Crippen molar-refractivity contribution in [2.45, 2.75) is 6.10 Å². The molecule has 1 amide bonds. The number of pyridine rings is 1. The van der Waals surface area contributed by atoms with Crippen LogP contribution in [0, 0.1) is 14.9 Å². The number of nitriles is 1. The standard InChI is InChI=1S/C16H12IN3O2/c17-14-6-2-1-5-13(14)16(21)20-9-12(10-20)22-15-11(8-18)4-3-7-19-15/h1-7,12H,9-10H2. The number of hydrogen-bond donors (Lipinski definition) is 0. The first-order valence-corrected chi connectivity index (χ1v) is 7.82. The van der Waals surface area contributed by atoms with Crippen LogP contribution >= 0.6 is 22.6 Å². The lowest BCUT2D eigenvalue weighted by molar-refractivity contribution is 0.0158. The smallest absolute Gasteiger partial charge is 0.255 e. The Morgan fingerprint density at radius 1 is 1.32 bits per heavy atom. The van der Waals surface area contributed by atoms with Crippen molar-refractivity contribution in [3.63, 3.8) is 0 Å². The van der Waals surface area contributed by atoms with Gasteiger partial charge in [-0.1, -0.05) is 12.1 Å². The van der Waals surface area contributed by atoms with Crippen molar-refractivity contribution in [3.05, 3.63) is 57.3 Å². The fourth-order valence-corrected chi connectivity index (χ4v) is 2.83. The Labute approximate surface area is 141 Å². The van der Waals surface area contributed by atoms with Gasteiger partial charge in [0.05, 0.1) is 18.7 Å². The van der Waals surface area contributed by atoms with Gasteiger partial charge in [-0.25, -0.2) is 4.98 Å². The number of ether oxygens (including phenoxy) is 1. The second-order valence-electron chi connectivity index (χ2n) is 4.90. The van der Waals surface area contributed by atoms with Gasteiger partial charge in [-0.05, 0) is 46.9 Å². The highest BCUT2D eigenvalue weighted by molar-refractivity contribution is 14.1. The van der Waals surface area contributed by atoms with Crippen molar-refractivity contribution in [1.82, 2.24) is 9.88 Å². The maximum atomic E-state index is 12.4. The van der Waals surface area contributed by atoms with E-state index in [0.717, 1.165) is 3.57 Å². The first kappa shape index (κ1) is 14.8. The van der Waals surface area contributed by atoms with Crippen LogP contribution in [0.1, 0.15) is 15.9 Å². The molecule has 22 heavy (non-hydrogen) atoms. The Hall–Kier alpha value is -2.14. The highest BCUT2D eigenvalue weighted by Crippen LogP contribution is 2.22. The summed E-state index contributed by atoms with van der Waals surface area (Å²) < 4.78 is 6.63. The molecule has 1 aliphatic heterocycles. The molecule has 1 aromatic heterocycles. The van der Waals surface area contributed by atoms with Crippen molar-refractivity contribution < 1.29 is 9.53 Å². The first-order chi connectivity index (χ1) is 10.7. The van der Waals surface area contributed by atoms with Gasteiger partial charge in [-0.2, -0.15) is 5.26 Å². The molecule has 1 saturated heterocycles. The minimum Gasteiger partial charge on any atom is -0.470 e. The summed E-state index contributed by atoms with van der Waals surface area (Å²) in [6.07, 6.45) is 1.47. The number of likely N-dealkylation sites (tertiary alicyclic amines) is 1. The predicted octanol–water partition coefficient (Wildman–Crippen LogP) is 2.46. The third-order valence-electron chi connectivity index (χ3n) is 3.41. The molecule has 0 N–H and O–H groups in total. The Morgan fingerprint density at radius 3 is 2.82 bits per heavy atom. The third kappa shape index (κ3) is 2.90. The molecule has 6 heteroatoms. The maximum absolute atomic E-state index is 12.4. The third-order valence-corrected chi connectivity index (χ3v) is 4.35. The first-order valence-electron chi connectivity index (χ1n) is 6.74. The zero-order valence-electron chi connectivity index (χ0n) is 11.6. The molecular weight excluding hydrogens is 393 g/mol. The summed E-state index contributed by atoms with van der Waals surface area (Å²) in [5.41, 5.74) is 1.11. The lowest BCUT2D eigenvalue weighted by Gasteiger charge is -2.38. The van der Waals surface area contributed by atoms with Crippen LogP contribution in [0.5, 0.6) is 5.88 Å². The summed E-state index contributed by atoms with van der Waals surface area (Å²) in [6.45, 7) is 1.01. The SMILES string of the molecule is N#Cc1cccnc1OC1CN(C(=O)c2ccccc2I)C1. The molecule has 1 aromatic carbocycles. The lowest BCUT2D eigenvalue weighted by atomic mass is 10.1. The number of carbonyl (C=O) groups excluding carboxylic acids is 1. The van der Waals surface area contributed by atoms with E-state index < -0.39 is 0 Å². The molecule has 5 nitrogen and oxygen atoms in total. The van der Waals surface area contributed by atoms with Gasteiger partial charge in [0.25, 0.3) is 5.91 Å². The quantitative estimate of drug-likeness (QED) is 0.737. The lowest BCUT2D eigenvalue weighted by Crippen LogP contribution is -2.56. The summed E-state index contributed by atoms with van der Waals surface area (Å²) in [5.74, 6) is 0.336. The number of aromatic nitrogens is 1. The van der Waals surface area contributed by atoms with Gasteiger partial charge >= 0.3 is 0 Å². The number of halogens is 1. The predicted molar refractivity (Wildman–Crippen MR) is 88.4 cm³/mol. The van der Waals surface area contributed by atoms with E-state index in [-0.39, 0.29) is 12.0 Å². The normalized spacial score (nSPS) is 14.1. The minimum absolute atomic E-state index is 0.00591. The molecule has 0 spiro atoms. The number of rotatable bonds is 3. The van der Waals surface area contributed by atoms with Gasteiger partial charge < -0.3 is 9.64 Å². The molecular formula is C16H12IN3O2. The van der Waals surface area contributed by atoms with Crippen LogP contribution in [0.25, 0.3) is 0 Å². The molecule has 3 rings (SSSR count). The Kier molecular flexibility index (Phi) is 4.24. The van der Waals surface area contributed by atoms with Crippen molar-refractivity contribution in [2.75, 3.05) is 13.1 Å². The van der Waals surface area contributed by atoms with Gasteiger partial charge in [0.2, 0.25) is 5.88 Å². The van der Waals surface area contributed by atoms with E-state index in [1.165, 1.54) is 0 Å². The van der Waals surface area contributed by atoms with Gasteiger partial charge in [0, 0.05) is 9.77 Å². The van der Waals surface area contributed by atoms with Crippen molar-refractivity contribution >= 4 is 28.5 Å². The molecule has 0 saturated carbocycles. The summed E-state index contributed by atoms with van der Waals surface area (Å²) in [4.78, 5) is 18.2. The van der Waals surface area contributed by atoms with E-state index in [9.17, 15) is 4.79 Å². The number of carbonyl (C=O) groups is 1. The molecule has 1 fully saturated rings. The summed E-state index contributed by atoms with van der Waals surface area (Å²) in [6, 6.07) is 12.9. The Balaban J connectivity index is 1.62. The van der Waals surface area contributed by atoms with Crippen LogP contribution in [-0.4, -0.2) is 35.0 Å². The summed E-state index contributed by atoms with van der Waals surface area (Å²) in [7, 11) is 0. The van der Waals surface area contributed by atoms with E-state index in [4.69, 9.17) is 10.00 Å². The van der Waals surface area contributed by atoms with Crippen LogP contribution in [-0.2, 0) is 0 Å². The average molecular weight is 405 g/mol. The van der Waals surface area contributed by atoms with Crippen molar-refractivity contribution in [1.29, 1.82) is 5.26 Å². The monoisotopic (exact) mass is 405 g/mol. The van der Waals surface area contributed by atoms with E-state index in [1.807, 2.05) is 30.3 Å². The van der Waals surface area contributed by atoms with Gasteiger partial charge in [-0.15, -0.1) is 0 Å². The molecule has 2 heterocycles. The molecule has 0 radical (unpaired) electrons. The molecule has 0 aliphatic carbocycles. The van der Waals surface area contributed by atoms with Crippen molar-refractivity contribution in [3.8, 4) is 11.9 Å². The van der Waals surface area contributed by atoms with Crippen LogP contribution in [0.4, 0.5) is 0 Å². The zero-order chi connectivity index (χ0) is 15.5. The molecule has 0 bridgehead atoms. The highest BCUT2D eigenvalue weighted by Gasteiger charge is 2.34. The topological polar surface area (TPSA) is 66.2 Å². The second kappa shape index (κ2) is 6.32. The number of nitrogens with zero attached hydrogens (tertiary/aromatic N) is 3. The van der Waals surface area contributed by atoms with Crippen LogP contribution in [0.2, 0.25) is 0 Å². The largest absolute Gasteiger partial charge is 0.470 e. The second-order valence-corrected chi connectivity index (χ2v) is 6.06. The van der Waals surface area contributed by atoms with Crippen molar-refractivity contribution in [2.24, 2.45) is 0 Å². The highest BCUT2D eigenvalue weighted by atomic mass is 127. The molecule has 0 atom stereocenters. The fraction of sp³-hybridized carbons (Fsp3) is 0.188. The van der Waals surface area contributed by atoms with E-state index in [1.54, 1.807) is 23.2 Å². The molecule has 0 unspecified atom stereocenters. The van der Waals surface area contributed by atoms with Crippen LogP contribution in [0.15, 0.2) is 42.6 Å². The van der Waals surface area contributed by atoms with Gasteiger partial charge in [0.1, 0.15) is 17.7 Å². The number of hydrogen-bond acceptors (Lipinski definition) is 4. The van der Waals surface area contributed by atoms with Crippen LogP contribution in [0.3, 0.4) is 0 Å². The number of benzene rings is 1. The van der Waals surface area contributed by atoms with Crippen LogP contribution < -0.4 is 4.74 Å². The minimum atomic E-state index is -0.118. The Morgan fingerprint density at radius 2 is 2.09 bits per heavy atom. The summed E-state index contributed by atoms with van der Waals surface area (Å²) >= 11 is 2.16. The van der Waals surface area contributed by atoms with E-state index in [2.05, 4.69) is 27.6 Å². The van der Waals surface area contributed by atoms with E-state index in [0.29, 0.717) is 30.1 Å². The molecule has 1 aliphatic rings. The Bertz CT molecular complexity index is 751. The average Bonchev–Trinajstić information content (AvgIpc) is 2.50. The maximum Gasteiger partial charge on any atom is 0.255 e. The fourth-order valence-electron chi connectivity index (χ4n) is 2.21. The van der Waals surface area contributed by atoms with Gasteiger partial charge in [0.15, 0.2) is 0 Å². The van der Waals surface area contributed by atoms with Gasteiger partial charge in [-0.3, -0.25) is 4.79 Å². The van der Waals surface area contributed by atoms with E-state index >= 15 is 0 Å².